The number of benzene rings is 1. The Balaban J connectivity index is 2.14. The zero-order valence-electron chi connectivity index (χ0n) is 10.8. The van der Waals surface area contributed by atoms with Crippen molar-refractivity contribution in [1.29, 1.82) is 0 Å². The number of carbonyl (C=O) groups excluding carboxylic acids is 1. The number of hydrogen-bond donors (Lipinski definition) is 2. The van der Waals surface area contributed by atoms with Gasteiger partial charge in [0.15, 0.2) is 0 Å². The SMILES string of the molecule is Cc1cccc(C(=O)NC2(C)CCNCC2)c1I. The molecule has 4 heteroatoms. The van der Waals surface area contributed by atoms with Crippen LogP contribution in [-0.4, -0.2) is 24.5 Å². The molecule has 3 nitrogen and oxygen atoms in total. The number of amides is 1. The number of piperidine rings is 1. The van der Waals surface area contributed by atoms with Gasteiger partial charge < -0.3 is 10.6 Å². The van der Waals surface area contributed by atoms with Crippen LogP contribution in [0.15, 0.2) is 18.2 Å². The highest BCUT2D eigenvalue weighted by molar-refractivity contribution is 14.1. The van der Waals surface area contributed by atoms with Gasteiger partial charge in [-0.2, -0.15) is 0 Å². The Hall–Kier alpha value is -0.620. The van der Waals surface area contributed by atoms with E-state index < -0.39 is 0 Å². The molecule has 2 N–H and O–H groups in total. The molecule has 1 saturated heterocycles. The van der Waals surface area contributed by atoms with Crippen LogP contribution in [-0.2, 0) is 0 Å². The van der Waals surface area contributed by atoms with Crippen molar-refractivity contribution in [2.24, 2.45) is 0 Å². The largest absolute Gasteiger partial charge is 0.347 e. The molecule has 1 aromatic rings. The number of nitrogens with one attached hydrogen (secondary N) is 2. The van der Waals surface area contributed by atoms with Crippen molar-refractivity contribution in [2.75, 3.05) is 13.1 Å². The second-order valence-corrected chi connectivity index (χ2v) is 6.28. The third-order valence-electron chi connectivity index (χ3n) is 3.56. The van der Waals surface area contributed by atoms with Crippen LogP contribution in [0.1, 0.15) is 35.7 Å². The summed E-state index contributed by atoms with van der Waals surface area (Å²) >= 11 is 2.25. The Kier molecular flexibility index (Phi) is 4.27. The molecule has 0 unspecified atom stereocenters. The van der Waals surface area contributed by atoms with Crippen molar-refractivity contribution in [3.63, 3.8) is 0 Å². The van der Waals surface area contributed by atoms with Gasteiger partial charge in [0, 0.05) is 9.11 Å². The fourth-order valence-electron chi connectivity index (χ4n) is 2.27. The zero-order valence-corrected chi connectivity index (χ0v) is 13.0. The number of hydrogen-bond acceptors (Lipinski definition) is 2. The van der Waals surface area contributed by atoms with Crippen LogP contribution in [0.25, 0.3) is 0 Å². The molecule has 1 aliphatic rings. The molecule has 0 atom stereocenters. The van der Waals surface area contributed by atoms with Gasteiger partial charge in [0.25, 0.3) is 5.91 Å². The van der Waals surface area contributed by atoms with Gasteiger partial charge in [0.05, 0.1) is 5.56 Å². The molecule has 0 radical (unpaired) electrons. The van der Waals surface area contributed by atoms with E-state index in [1.54, 1.807) is 0 Å². The summed E-state index contributed by atoms with van der Waals surface area (Å²) < 4.78 is 1.05. The smallest absolute Gasteiger partial charge is 0.252 e. The summed E-state index contributed by atoms with van der Waals surface area (Å²) in [6, 6.07) is 5.87. The number of halogens is 1. The Bertz CT molecular complexity index is 453. The minimum atomic E-state index is -0.0742. The molecule has 0 bridgehead atoms. The summed E-state index contributed by atoms with van der Waals surface area (Å²) in [5, 5.41) is 6.52. The fourth-order valence-corrected chi connectivity index (χ4v) is 2.87. The van der Waals surface area contributed by atoms with E-state index in [4.69, 9.17) is 0 Å². The van der Waals surface area contributed by atoms with Gasteiger partial charge in [-0.15, -0.1) is 0 Å². The van der Waals surface area contributed by atoms with Crippen molar-refractivity contribution in [3.8, 4) is 0 Å². The molecule has 18 heavy (non-hydrogen) atoms. The topological polar surface area (TPSA) is 41.1 Å². The molecule has 1 aliphatic heterocycles. The predicted octanol–water partition coefficient (Wildman–Crippen LogP) is 2.47. The summed E-state index contributed by atoms with van der Waals surface area (Å²) in [5.74, 6) is 0.0486. The van der Waals surface area contributed by atoms with Crippen LogP contribution in [0.3, 0.4) is 0 Å². The molecule has 0 saturated carbocycles. The molecule has 1 heterocycles. The normalized spacial score (nSPS) is 18.4. The van der Waals surface area contributed by atoms with E-state index in [0.29, 0.717) is 0 Å². The minimum absolute atomic E-state index is 0.0486. The maximum atomic E-state index is 12.4. The highest BCUT2D eigenvalue weighted by Crippen LogP contribution is 2.21. The van der Waals surface area contributed by atoms with E-state index in [-0.39, 0.29) is 11.4 Å². The average molecular weight is 358 g/mol. The van der Waals surface area contributed by atoms with Crippen molar-refractivity contribution >= 4 is 28.5 Å². The van der Waals surface area contributed by atoms with Gasteiger partial charge in [0.2, 0.25) is 0 Å². The first-order valence-electron chi connectivity index (χ1n) is 6.30. The Morgan fingerprint density at radius 3 is 2.72 bits per heavy atom. The Labute approximate surface area is 122 Å². The van der Waals surface area contributed by atoms with Crippen LogP contribution >= 0.6 is 22.6 Å². The lowest BCUT2D eigenvalue weighted by molar-refractivity contribution is 0.0886. The van der Waals surface area contributed by atoms with Crippen molar-refractivity contribution in [1.82, 2.24) is 10.6 Å². The second kappa shape index (κ2) is 5.57. The van der Waals surface area contributed by atoms with Crippen LogP contribution in [0.4, 0.5) is 0 Å². The van der Waals surface area contributed by atoms with Gasteiger partial charge in [-0.05, 0) is 74.0 Å². The van der Waals surface area contributed by atoms with Gasteiger partial charge in [-0.1, -0.05) is 12.1 Å². The first-order chi connectivity index (χ1) is 8.52. The molecule has 0 aromatic heterocycles. The highest BCUT2D eigenvalue weighted by Gasteiger charge is 2.29. The standard InChI is InChI=1S/C14H19IN2O/c1-10-4-3-5-11(12(10)15)13(18)17-14(2)6-8-16-9-7-14/h3-5,16H,6-9H2,1-2H3,(H,17,18). The molecular weight excluding hydrogens is 339 g/mol. The molecule has 1 amide bonds. The van der Waals surface area contributed by atoms with E-state index >= 15 is 0 Å². The Morgan fingerprint density at radius 2 is 2.06 bits per heavy atom. The summed E-state index contributed by atoms with van der Waals surface area (Å²) in [4.78, 5) is 12.4. The minimum Gasteiger partial charge on any atom is -0.347 e. The van der Waals surface area contributed by atoms with Crippen LogP contribution < -0.4 is 10.6 Å². The molecular formula is C14H19IN2O. The van der Waals surface area contributed by atoms with Crippen molar-refractivity contribution in [3.05, 3.63) is 32.9 Å². The second-order valence-electron chi connectivity index (χ2n) is 5.20. The summed E-state index contributed by atoms with van der Waals surface area (Å²) in [5.41, 5.74) is 1.86. The zero-order chi connectivity index (χ0) is 13.2. The van der Waals surface area contributed by atoms with Crippen molar-refractivity contribution < 1.29 is 4.79 Å². The lowest BCUT2D eigenvalue weighted by atomic mass is 9.90. The third-order valence-corrected chi connectivity index (χ3v) is 4.99. The van der Waals surface area contributed by atoms with E-state index in [1.165, 1.54) is 0 Å². The molecule has 2 rings (SSSR count). The first-order valence-corrected chi connectivity index (χ1v) is 7.38. The van der Waals surface area contributed by atoms with Gasteiger partial charge >= 0.3 is 0 Å². The summed E-state index contributed by atoms with van der Waals surface area (Å²) in [6.45, 7) is 6.11. The lowest BCUT2D eigenvalue weighted by Gasteiger charge is -2.35. The third kappa shape index (κ3) is 3.03. The summed E-state index contributed by atoms with van der Waals surface area (Å²) in [6.07, 6.45) is 1.97. The molecule has 1 aromatic carbocycles. The summed E-state index contributed by atoms with van der Waals surface area (Å²) in [7, 11) is 0. The van der Waals surface area contributed by atoms with E-state index in [2.05, 4.69) is 40.1 Å². The van der Waals surface area contributed by atoms with E-state index in [1.807, 2.05) is 25.1 Å². The lowest BCUT2D eigenvalue weighted by Crippen LogP contribution is -2.52. The molecule has 0 aliphatic carbocycles. The number of carbonyl (C=O) groups is 1. The maximum absolute atomic E-state index is 12.4. The Morgan fingerprint density at radius 1 is 1.39 bits per heavy atom. The van der Waals surface area contributed by atoms with Gasteiger partial charge in [-0.25, -0.2) is 0 Å². The molecule has 98 valence electrons. The van der Waals surface area contributed by atoms with Crippen LogP contribution in [0, 0.1) is 10.5 Å². The molecule has 1 fully saturated rings. The quantitative estimate of drug-likeness (QED) is 0.798. The van der Waals surface area contributed by atoms with E-state index in [0.717, 1.165) is 40.6 Å². The van der Waals surface area contributed by atoms with E-state index in [9.17, 15) is 4.79 Å². The van der Waals surface area contributed by atoms with Crippen molar-refractivity contribution in [2.45, 2.75) is 32.2 Å². The van der Waals surface area contributed by atoms with Gasteiger partial charge in [0.1, 0.15) is 0 Å². The first kappa shape index (κ1) is 13.8. The van der Waals surface area contributed by atoms with Crippen LogP contribution in [0.2, 0.25) is 0 Å². The number of aryl methyl sites for hydroxylation is 1. The van der Waals surface area contributed by atoms with Crippen LogP contribution in [0.5, 0.6) is 0 Å². The monoisotopic (exact) mass is 358 g/mol. The highest BCUT2D eigenvalue weighted by atomic mass is 127. The number of rotatable bonds is 2. The molecule has 0 spiro atoms. The average Bonchev–Trinajstić information content (AvgIpc) is 2.33. The fraction of sp³-hybridized carbons (Fsp3) is 0.500. The maximum Gasteiger partial charge on any atom is 0.252 e. The van der Waals surface area contributed by atoms with Gasteiger partial charge in [-0.3, -0.25) is 4.79 Å². The predicted molar refractivity (Wildman–Crippen MR) is 81.9 cm³/mol.